The highest BCUT2D eigenvalue weighted by molar-refractivity contribution is 5.34. The summed E-state index contributed by atoms with van der Waals surface area (Å²) < 4.78 is 0. The van der Waals surface area contributed by atoms with Gasteiger partial charge in [-0.3, -0.25) is 0 Å². The fourth-order valence-electron chi connectivity index (χ4n) is 2.38. The van der Waals surface area contributed by atoms with Crippen LogP contribution in [0, 0.1) is 17.2 Å². The number of hydrogen-bond donors (Lipinski definition) is 2. The van der Waals surface area contributed by atoms with Crippen LogP contribution in [0.1, 0.15) is 31.4 Å². The fraction of sp³-hybridized carbons (Fsp3) is 0.583. The lowest BCUT2D eigenvalue weighted by Gasteiger charge is -2.23. The average molecular weight is 231 g/mol. The number of nitriles is 1. The van der Waals surface area contributed by atoms with Crippen LogP contribution in [0.15, 0.2) is 12.4 Å². The molecule has 1 aliphatic rings. The summed E-state index contributed by atoms with van der Waals surface area (Å²) in [6.45, 7) is 0.604. The van der Waals surface area contributed by atoms with Crippen molar-refractivity contribution in [2.75, 3.05) is 11.9 Å². The van der Waals surface area contributed by atoms with E-state index in [1.165, 1.54) is 31.9 Å². The van der Waals surface area contributed by atoms with Crippen molar-refractivity contribution in [3.05, 3.63) is 18.1 Å². The third-order valence-corrected chi connectivity index (χ3v) is 3.32. The molecule has 1 aliphatic carbocycles. The van der Waals surface area contributed by atoms with Gasteiger partial charge in [0.1, 0.15) is 11.9 Å². The van der Waals surface area contributed by atoms with E-state index in [0.717, 1.165) is 0 Å². The van der Waals surface area contributed by atoms with Gasteiger partial charge in [0.15, 0.2) is 5.69 Å². The number of rotatable bonds is 4. The molecule has 1 heterocycles. The summed E-state index contributed by atoms with van der Waals surface area (Å²) >= 11 is 0. The highest BCUT2D eigenvalue weighted by Gasteiger charge is 2.24. The van der Waals surface area contributed by atoms with Crippen molar-refractivity contribution in [3.63, 3.8) is 0 Å². The first-order valence-electron chi connectivity index (χ1n) is 6.02. The smallest absolute Gasteiger partial charge is 0.158 e. The highest BCUT2D eigenvalue weighted by Crippen LogP contribution is 2.28. The predicted octanol–water partition coefficient (Wildman–Crippen LogP) is 1.28. The van der Waals surface area contributed by atoms with E-state index < -0.39 is 0 Å². The summed E-state index contributed by atoms with van der Waals surface area (Å²) in [5.41, 5.74) is 6.13. The summed E-state index contributed by atoms with van der Waals surface area (Å²) in [5.74, 6) is 1.34. The molecular formula is C12H17N5. The van der Waals surface area contributed by atoms with Crippen molar-refractivity contribution >= 4 is 5.82 Å². The van der Waals surface area contributed by atoms with Gasteiger partial charge in [-0.25, -0.2) is 9.97 Å². The topological polar surface area (TPSA) is 87.6 Å². The lowest BCUT2D eigenvalue weighted by atomic mass is 9.98. The molecule has 1 fully saturated rings. The van der Waals surface area contributed by atoms with Gasteiger partial charge in [0.2, 0.25) is 0 Å². The summed E-state index contributed by atoms with van der Waals surface area (Å²) in [5, 5.41) is 12.0. The molecule has 0 saturated heterocycles. The molecule has 0 aliphatic heterocycles. The Morgan fingerprint density at radius 3 is 2.71 bits per heavy atom. The Morgan fingerprint density at radius 1 is 1.41 bits per heavy atom. The molecule has 1 saturated carbocycles. The molecule has 1 unspecified atom stereocenters. The van der Waals surface area contributed by atoms with Crippen molar-refractivity contribution in [1.82, 2.24) is 9.97 Å². The Labute approximate surface area is 101 Å². The predicted molar refractivity (Wildman–Crippen MR) is 65.2 cm³/mol. The average Bonchev–Trinajstić information content (AvgIpc) is 2.90. The van der Waals surface area contributed by atoms with Crippen LogP contribution in [0.25, 0.3) is 0 Å². The molecule has 0 amide bonds. The van der Waals surface area contributed by atoms with Crippen LogP contribution in [0.5, 0.6) is 0 Å². The Bertz CT molecular complexity index is 388. The zero-order valence-electron chi connectivity index (χ0n) is 9.76. The Hall–Kier alpha value is -1.67. The molecule has 5 nitrogen and oxygen atoms in total. The van der Waals surface area contributed by atoms with Gasteiger partial charge in [0.25, 0.3) is 0 Å². The second-order valence-corrected chi connectivity index (χ2v) is 4.43. The highest BCUT2D eigenvalue weighted by atomic mass is 15.0. The minimum Gasteiger partial charge on any atom is -0.365 e. The van der Waals surface area contributed by atoms with Gasteiger partial charge < -0.3 is 11.1 Å². The Balaban J connectivity index is 1.99. The van der Waals surface area contributed by atoms with E-state index in [1.54, 1.807) is 6.20 Å². The van der Waals surface area contributed by atoms with Crippen LogP contribution in [0.4, 0.5) is 5.82 Å². The molecule has 3 N–H and O–H groups in total. The van der Waals surface area contributed by atoms with Gasteiger partial charge in [-0.15, -0.1) is 0 Å². The lowest BCUT2D eigenvalue weighted by Crippen LogP contribution is -2.35. The number of nitrogens with two attached hydrogens (primary N) is 1. The first-order chi connectivity index (χ1) is 8.33. The number of aromatic nitrogens is 2. The van der Waals surface area contributed by atoms with Gasteiger partial charge in [-0.1, -0.05) is 12.8 Å². The van der Waals surface area contributed by atoms with Crippen LogP contribution in [-0.2, 0) is 0 Å². The normalized spacial score (nSPS) is 17.6. The van der Waals surface area contributed by atoms with Crippen molar-refractivity contribution in [3.8, 4) is 6.07 Å². The molecule has 5 heteroatoms. The van der Waals surface area contributed by atoms with Gasteiger partial charge in [0.05, 0.1) is 12.4 Å². The zero-order chi connectivity index (χ0) is 12.1. The van der Waals surface area contributed by atoms with Gasteiger partial charge >= 0.3 is 0 Å². The van der Waals surface area contributed by atoms with E-state index in [-0.39, 0.29) is 6.04 Å². The van der Waals surface area contributed by atoms with Crippen LogP contribution in [0.3, 0.4) is 0 Å². The first-order valence-corrected chi connectivity index (χ1v) is 6.02. The third kappa shape index (κ3) is 2.92. The van der Waals surface area contributed by atoms with Gasteiger partial charge in [0, 0.05) is 12.6 Å². The number of nitrogens with zero attached hydrogens (tertiary/aromatic N) is 3. The number of nitrogens with one attached hydrogen (secondary N) is 1. The van der Waals surface area contributed by atoms with Crippen LogP contribution in [0.2, 0.25) is 0 Å². The molecule has 17 heavy (non-hydrogen) atoms. The van der Waals surface area contributed by atoms with Crippen molar-refractivity contribution in [2.24, 2.45) is 11.7 Å². The standard InChI is InChI=1S/C12H17N5/c13-5-10-7-16-12(8-15-10)17-11(6-14)9-3-1-2-4-9/h7-9,11H,1-4,6,14H2,(H,16,17). The van der Waals surface area contributed by atoms with E-state index in [0.29, 0.717) is 24.0 Å². The SMILES string of the molecule is N#Cc1cnc(NC(CN)C2CCCC2)cn1. The minimum absolute atomic E-state index is 0.264. The Morgan fingerprint density at radius 2 is 2.18 bits per heavy atom. The number of hydrogen-bond acceptors (Lipinski definition) is 5. The fourth-order valence-corrected chi connectivity index (χ4v) is 2.38. The molecule has 90 valence electrons. The van der Waals surface area contributed by atoms with E-state index in [1.807, 2.05) is 6.07 Å². The molecule has 0 bridgehead atoms. The number of anilines is 1. The van der Waals surface area contributed by atoms with Crippen molar-refractivity contribution in [2.45, 2.75) is 31.7 Å². The summed E-state index contributed by atoms with van der Waals surface area (Å²) in [6.07, 6.45) is 8.13. The maximum atomic E-state index is 8.64. The van der Waals surface area contributed by atoms with Crippen LogP contribution in [-0.4, -0.2) is 22.6 Å². The molecule has 0 spiro atoms. The summed E-state index contributed by atoms with van der Waals surface area (Å²) in [6, 6.07) is 2.21. The molecule has 0 radical (unpaired) electrons. The second kappa shape index (κ2) is 5.60. The van der Waals surface area contributed by atoms with E-state index in [2.05, 4.69) is 15.3 Å². The van der Waals surface area contributed by atoms with E-state index in [4.69, 9.17) is 11.0 Å². The molecule has 1 aromatic heterocycles. The summed E-state index contributed by atoms with van der Waals surface area (Å²) in [7, 11) is 0. The monoisotopic (exact) mass is 231 g/mol. The van der Waals surface area contributed by atoms with Crippen molar-refractivity contribution < 1.29 is 0 Å². The first kappa shape index (κ1) is 11.8. The molecule has 1 atom stereocenters. The lowest BCUT2D eigenvalue weighted by molar-refractivity contribution is 0.461. The Kier molecular flexibility index (Phi) is 3.89. The van der Waals surface area contributed by atoms with E-state index in [9.17, 15) is 0 Å². The second-order valence-electron chi connectivity index (χ2n) is 4.43. The van der Waals surface area contributed by atoms with Crippen LogP contribution >= 0.6 is 0 Å². The largest absolute Gasteiger partial charge is 0.365 e. The molecule has 2 rings (SSSR count). The third-order valence-electron chi connectivity index (χ3n) is 3.32. The van der Waals surface area contributed by atoms with Crippen LogP contribution < -0.4 is 11.1 Å². The summed E-state index contributed by atoms with van der Waals surface area (Å²) in [4.78, 5) is 8.14. The van der Waals surface area contributed by atoms with Crippen molar-refractivity contribution in [1.29, 1.82) is 5.26 Å². The maximum Gasteiger partial charge on any atom is 0.158 e. The minimum atomic E-state index is 0.264. The zero-order valence-corrected chi connectivity index (χ0v) is 9.76. The molecule has 0 aromatic carbocycles. The van der Waals surface area contributed by atoms with Gasteiger partial charge in [-0.2, -0.15) is 5.26 Å². The molecule has 1 aromatic rings. The maximum absolute atomic E-state index is 8.64. The molecular weight excluding hydrogens is 214 g/mol. The van der Waals surface area contributed by atoms with Gasteiger partial charge in [-0.05, 0) is 18.8 Å². The quantitative estimate of drug-likeness (QED) is 0.815. The van der Waals surface area contributed by atoms with E-state index >= 15 is 0 Å².